The molecule has 1 aliphatic rings. The molecule has 122 valence electrons. The molecule has 2 aromatic rings. The Hall–Kier alpha value is -2.95. The van der Waals surface area contributed by atoms with Gasteiger partial charge in [0.15, 0.2) is 0 Å². The van der Waals surface area contributed by atoms with E-state index in [2.05, 4.69) is 6.92 Å². The smallest absolute Gasteiger partial charge is 0.331 e. The summed E-state index contributed by atoms with van der Waals surface area (Å²) in [6, 6.07) is 13.7. The third-order valence-electron chi connectivity index (χ3n) is 3.86. The summed E-state index contributed by atoms with van der Waals surface area (Å²) in [4.78, 5) is 37.4. The molecule has 1 heterocycles. The van der Waals surface area contributed by atoms with Crippen molar-refractivity contribution in [3.05, 3.63) is 65.2 Å². The topological polar surface area (TPSA) is 63.7 Å². The Morgan fingerprint density at radius 1 is 0.958 bits per heavy atom. The Balaban J connectivity index is 1.65. The van der Waals surface area contributed by atoms with Crippen molar-refractivity contribution in [2.75, 3.05) is 6.54 Å². The fourth-order valence-corrected chi connectivity index (χ4v) is 2.69. The van der Waals surface area contributed by atoms with Gasteiger partial charge in [-0.25, -0.2) is 4.79 Å². The zero-order valence-corrected chi connectivity index (χ0v) is 13.3. The van der Waals surface area contributed by atoms with Crippen LogP contribution in [0.1, 0.15) is 39.6 Å². The molecule has 0 atom stereocenters. The van der Waals surface area contributed by atoms with E-state index in [4.69, 9.17) is 4.74 Å². The Labute approximate surface area is 139 Å². The Morgan fingerprint density at radius 3 is 2.08 bits per heavy atom. The number of hydrogen-bond acceptors (Lipinski definition) is 4. The van der Waals surface area contributed by atoms with Gasteiger partial charge < -0.3 is 4.74 Å². The Kier molecular flexibility index (Phi) is 4.42. The minimum absolute atomic E-state index is 0.319. The molecule has 5 nitrogen and oxygen atoms in total. The lowest BCUT2D eigenvalue weighted by Gasteiger charge is -2.13. The number of carbonyl (C=O) groups is 3. The lowest BCUT2D eigenvalue weighted by molar-refractivity contribution is -0.134. The van der Waals surface area contributed by atoms with Crippen molar-refractivity contribution in [3.8, 4) is 5.75 Å². The summed E-state index contributed by atoms with van der Waals surface area (Å²) in [5, 5.41) is 0. The Bertz CT molecular complexity index is 760. The van der Waals surface area contributed by atoms with Crippen LogP contribution in [-0.2, 0) is 11.2 Å². The van der Waals surface area contributed by atoms with E-state index in [1.165, 1.54) is 0 Å². The molecule has 0 unspecified atom stereocenters. The van der Waals surface area contributed by atoms with E-state index in [-0.39, 0.29) is 0 Å². The summed E-state index contributed by atoms with van der Waals surface area (Å²) >= 11 is 0. The summed E-state index contributed by atoms with van der Waals surface area (Å²) in [5.41, 5.74) is 1.80. The minimum Gasteiger partial charge on any atom is -0.425 e. The first-order chi connectivity index (χ1) is 11.6. The molecule has 2 aromatic carbocycles. The van der Waals surface area contributed by atoms with Crippen molar-refractivity contribution in [3.63, 3.8) is 0 Å². The van der Waals surface area contributed by atoms with Crippen LogP contribution in [0.3, 0.4) is 0 Å². The average Bonchev–Trinajstić information content (AvgIpc) is 2.82. The van der Waals surface area contributed by atoms with Crippen LogP contribution in [0, 0.1) is 0 Å². The van der Waals surface area contributed by atoms with Crippen molar-refractivity contribution in [1.29, 1.82) is 0 Å². The fourth-order valence-electron chi connectivity index (χ4n) is 2.69. The van der Waals surface area contributed by atoms with Crippen molar-refractivity contribution < 1.29 is 19.1 Å². The zero-order valence-electron chi connectivity index (χ0n) is 13.3. The maximum Gasteiger partial charge on any atom is 0.331 e. The molecule has 24 heavy (non-hydrogen) atoms. The van der Waals surface area contributed by atoms with Crippen molar-refractivity contribution in [1.82, 2.24) is 4.90 Å². The number of rotatable bonds is 5. The highest BCUT2D eigenvalue weighted by molar-refractivity contribution is 6.22. The maximum absolute atomic E-state index is 12.2. The summed E-state index contributed by atoms with van der Waals surface area (Å²) in [5.74, 6) is -1.18. The van der Waals surface area contributed by atoms with E-state index >= 15 is 0 Å². The molecular formula is C19H17NO4. The molecule has 3 rings (SSSR count). The van der Waals surface area contributed by atoms with Crippen LogP contribution >= 0.6 is 0 Å². The van der Waals surface area contributed by atoms with Crippen molar-refractivity contribution in [2.45, 2.75) is 19.8 Å². The van der Waals surface area contributed by atoms with Gasteiger partial charge >= 0.3 is 5.97 Å². The van der Waals surface area contributed by atoms with Gasteiger partial charge in [0, 0.05) is 0 Å². The lowest BCUT2D eigenvalue weighted by atomic mass is 10.1. The van der Waals surface area contributed by atoms with Gasteiger partial charge in [0.05, 0.1) is 11.1 Å². The number of imide groups is 1. The number of benzene rings is 2. The van der Waals surface area contributed by atoms with Crippen LogP contribution < -0.4 is 4.74 Å². The molecule has 0 bridgehead atoms. The average molecular weight is 323 g/mol. The minimum atomic E-state index is -0.646. The molecule has 0 aliphatic carbocycles. The van der Waals surface area contributed by atoms with Crippen LogP contribution in [0.5, 0.6) is 5.75 Å². The van der Waals surface area contributed by atoms with Crippen LogP contribution in [-0.4, -0.2) is 29.2 Å². The zero-order chi connectivity index (χ0) is 17.1. The quantitative estimate of drug-likeness (QED) is 0.482. The lowest BCUT2D eigenvalue weighted by Crippen LogP contribution is -2.36. The van der Waals surface area contributed by atoms with Gasteiger partial charge in [0.25, 0.3) is 11.8 Å². The third kappa shape index (κ3) is 3.06. The summed E-state index contributed by atoms with van der Waals surface area (Å²) in [6.45, 7) is 1.69. The standard InChI is InChI=1S/C19H17NO4/c1-2-5-13-8-10-14(11-9-13)24-17(21)12-20-18(22)15-6-3-4-7-16(15)19(20)23/h3-4,6-11H,2,5,12H2,1H3. The van der Waals surface area contributed by atoms with Crippen molar-refractivity contribution in [2.24, 2.45) is 0 Å². The van der Waals surface area contributed by atoms with Gasteiger partial charge in [-0.05, 0) is 36.2 Å². The molecule has 0 saturated carbocycles. The number of carbonyl (C=O) groups excluding carboxylic acids is 3. The molecule has 1 aliphatic heterocycles. The predicted molar refractivity (Wildman–Crippen MR) is 87.9 cm³/mol. The first kappa shape index (κ1) is 15.9. The molecule has 0 saturated heterocycles. The first-order valence-corrected chi connectivity index (χ1v) is 7.85. The second kappa shape index (κ2) is 6.66. The maximum atomic E-state index is 12.2. The third-order valence-corrected chi connectivity index (χ3v) is 3.86. The number of fused-ring (bicyclic) bond motifs is 1. The number of ether oxygens (including phenoxy) is 1. The first-order valence-electron chi connectivity index (χ1n) is 7.85. The number of esters is 1. The van der Waals surface area contributed by atoms with Crippen LogP contribution in [0.4, 0.5) is 0 Å². The van der Waals surface area contributed by atoms with Gasteiger partial charge in [0.1, 0.15) is 12.3 Å². The normalized spacial score (nSPS) is 13.1. The summed E-state index contributed by atoms with van der Waals surface area (Å²) in [7, 11) is 0. The SMILES string of the molecule is CCCc1ccc(OC(=O)CN2C(=O)c3ccccc3C2=O)cc1. The highest BCUT2D eigenvalue weighted by Crippen LogP contribution is 2.22. The summed E-state index contributed by atoms with van der Waals surface area (Å²) in [6.07, 6.45) is 2.00. The van der Waals surface area contributed by atoms with Gasteiger partial charge in [-0.3, -0.25) is 14.5 Å². The second-order valence-corrected chi connectivity index (χ2v) is 5.61. The van der Waals surface area contributed by atoms with E-state index in [0.717, 1.165) is 23.3 Å². The van der Waals surface area contributed by atoms with Gasteiger partial charge in [-0.1, -0.05) is 37.6 Å². The van der Waals surface area contributed by atoms with E-state index in [0.29, 0.717) is 16.9 Å². The van der Waals surface area contributed by atoms with Gasteiger partial charge in [-0.2, -0.15) is 0 Å². The molecule has 0 aromatic heterocycles. The van der Waals surface area contributed by atoms with Crippen molar-refractivity contribution >= 4 is 17.8 Å². The summed E-state index contributed by atoms with van der Waals surface area (Å²) < 4.78 is 5.22. The number of amides is 2. The fraction of sp³-hybridized carbons (Fsp3) is 0.211. The van der Waals surface area contributed by atoms with Gasteiger partial charge in [-0.15, -0.1) is 0 Å². The molecule has 0 N–H and O–H groups in total. The molecule has 5 heteroatoms. The Morgan fingerprint density at radius 2 is 1.54 bits per heavy atom. The van der Waals surface area contributed by atoms with E-state index in [1.807, 2.05) is 12.1 Å². The van der Waals surface area contributed by atoms with Crippen LogP contribution in [0.15, 0.2) is 48.5 Å². The van der Waals surface area contributed by atoms with Gasteiger partial charge in [0.2, 0.25) is 0 Å². The second-order valence-electron chi connectivity index (χ2n) is 5.61. The number of nitrogens with zero attached hydrogens (tertiary/aromatic N) is 1. The molecule has 0 spiro atoms. The predicted octanol–water partition coefficient (Wildman–Crippen LogP) is 2.84. The van der Waals surface area contributed by atoms with Crippen LogP contribution in [0.25, 0.3) is 0 Å². The van der Waals surface area contributed by atoms with Crippen LogP contribution in [0.2, 0.25) is 0 Å². The molecule has 0 radical (unpaired) electrons. The molecule has 0 fully saturated rings. The number of aryl methyl sites for hydroxylation is 1. The molecular weight excluding hydrogens is 306 g/mol. The highest BCUT2D eigenvalue weighted by Gasteiger charge is 2.36. The number of hydrogen-bond donors (Lipinski definition) is 0. The molecule has 2 amide bonds. The highest BCUT2D eigenvalue weighted by atomic mass is 16.5. The van der Waals surface area contributed by atoms with E-state index < -0.39 is 24.3 Å². The largest absolute Gasteiger partial charge is 0.425 e. The monoisotopic (exact) mass is 323 g/mol. The van der Waals surface area contributed by atoms with E-state index in [9.17, 15) is 14.4 Å². The van der Waals surface area contributed by atoms with E-state index in [1.54, 1.807) is 36.4 Å².